The fourth-order valence-corrected chi connectivity index (χ4v) is 2.24. The normalized spacial score (nSPS) is 10.6. The first-order valence-electron chi connectivity index (χ1n) is 7.24. The van der Waals surface area contributed by atoms with Crippen molar-refractivity contribution in [3.63, 3.8) is 0 Å². The van der Waals surface area contributed by atoms with Gasteiger partial charge in [-0.15, -0.1) is 0 Å². The Kier molecular flexibility index (Phi) is 3.94. The molecule has 0 radical (unpaired) electrons. The zero-order valence-corrected chi connectivity index (χ0v) is 13.1. The molecule has 1 heterocycles. The molecule has 3 aromatic rings. The first kappa shape index (κ1) is 16.2. The van der Waals surface area contributed by atoms with Gasteiger partial charge in [0.2, 0.25) is 5.95 Å². The van der Waals surface area contributed by atoms with E-state index in [-0.39, 0.29) is 28.8 Å². The molecule has 128 valence electrons. The molecule has 0 aliphatic carbocycles. The highest BCUT2D eigenvalue weighted by Gasteiger charge is 2.14. The smallest absolute Gasteiger partial charge is 0.258 e. The average Bonchev–Trinajstić information content (AvgIpc) is 2.93. The second-order valence-corrected chi connectivity index (χ2v) is 5.42. The van der Waals surface area contributed by atoms with Gasteiger partial charge in [0, 0.05) is 24.4 Å². The van der Waals surface area contributed by atoms with Crippen molar-refractivity contribution in [3.8, 4) is 34.3 Å². The lowest BCUT2D eigenvalue weighted by Gasteiger charge is -2.05. The molecule has 0 atom stereocenters. The van der Waals surface area contributed by atoms with Crippen LogP contribution in [0.4, 0.5) is 5.95 Å². The van der Waals surface area contributed by atoms with E-state index in [9.17, 15) is 25.2 Å². The van der Waals surface area contributed by atoms with Crippen LogP contribution in [0.2, 0.25) is 0 Å². The maximum Gasteiger partial charge on any atom is 0.258 e. The highest BCUT2D eigenvalue weighted by molar-refractivity contribution is 6.04. The molecule has 0 spiro atoms. The van der Waals surface area contributed by atoms with E-state index in [1.807, 2.05) is 0 Å². The van der Waals surface area contributed by atoms with Gasteiger partial charge in [0.15, 0.2) is 23.0 Å². The lowest BCUT2D eigenvalue weighted by atomic mass is 10.1. The highest BCUT2D eigenvalue weighted by atomic mass is 16.3. The van der Waals surface area contributed by atoms with Crippen LogP contribution in [0.15, 0.2) is 42.6 Å². The minimum Gasteiger partial charge on any atom is -0.504 e. The molecule has 25 heavy (non-hydrogen) atoms. The molecule has 0 bridgehead atoms. The van der Waals surface area contributed by atoms with E-state index in [0.717, 1.165) is 6.07 Å². The second-order valence-electron chi connectivity index (χ2n) is 5.42. The summed E-state index contributed by atoms with van der Waals surface area (Å²) in [6.07, 6.45) is 1.65. The van der Waals surface area contributed by atoms with Crippen molar-refractivity contribution in [1.29, 1.82) is 0 Å². The molecular formula is C17H15N3O5. The quantitative estimate of drug-likeness (QED) is 0.465. The summed E-state index contributed by atoms with van der Waals surface area (Å²) < 4.78 is 1.58. The Morgan fingerprint density at radius 1 is 0.960 bits per heavy atom. The van der Waals surface area contributed by atoms with Crippen LogP contribution in [-0.4, -0.2) is 35.9 Å². The number of benzene rings is 2. The number of carbonyl (C=O) groups is 1. The van der Waals surface area contributed by atoms with Crippen molar-refractivity contribution in [1.82, 2.24) is 9.55 Å². The van der Waals surface area contributed by atoms with Crippen LogP contribution < -0.4 is 5.32 Å². The van der Waals surface area contributed by atoms with Gasteiger partial charge in [-0.25, -0.2) is 4.98 Å². The number of phenols is 4. The van der Waals surface area contributed by atoms with Gasteiger partial charge in [-0.2, -0.15) is 0 Å². The zero-order valence-electron chi connectivity index (χ0n) is 13.1. The fraction of sp³-hybridized carbons (Fsp3) is 0.0588. The van der Waals surface area contributed by atoms with Crippen molar-refractivity contribution >= 4 is 11.9 Å². The molecule has 8 nitrogen and oxygen atoms in total. The van der Waals surface area contributed by atoms with Crippen molar-refractivity contribution in [2.24, 2.45) is 7.05 Å². The number of hydrogen-bond donors (Lipinski definition) is 5. The standard InChI is InChI=1S/C17H15N3O5/c1-20-8-11(9-2-4-12(21)14(23)6-9)18-17(20)19-16(25)10-3-5-13(22)15(24)7-10/h2-8,21-24H,1H3,(H,18,19,25). The molecule has 0 fully saturated rings. The molecule has 3 rings (SSSR count). The molecule has 0 saturated carbocycles. The number of phenolic OH excluding ortho intramolecular Hbond substituents is 4. The highest BCUT2D eigenvalue weighted by Crippen LogP contribution is 2.30. The van der Waals surface area contributed by atoms with Gasteiger partial charge in [-0.05, 0) is 36.4 Å². The SMILES string of the molecule is Cn1cc(-c2ccc(O)c(O)c2)nc1NC(=O)c1ccc(O)c(O)c1. The third-order valence-electron chi connectivity index (χ3n) is 3.61. The number of rotatable bonds is 3. The Hall–Kier alpha value is -3.68. The minimum atomic E-state index is -0.510. The molecule has 2 aromatic carbocycles. The predicted octanol–water partition coefficient (Wildman–Crippen LogP) is 2.16. The lowest BCUT2D eigenvalue weighted by Crippen LogP contribution is -2.14. The van der Waals surface area contributed by atoms with Gasteiger partial charge in [0.25, 0.3) is 5.91 Å². The summed E-state index contributed by atoms with van der Waals surface area (Å²) in [6, 6.07) is 8.02. The summed E-state index contributed by atoms with van der Waals surface area (Å²) in [4.78, 5) is 16.5. The molecule has 0 aliphatic heterocycles. The lowest BCUT2D eigenvalue weighted by molar-refractivity contribution is 0.102. The van der Waals surface area contributed by atoms with Crippen LogP contribution >= 0.6 is 0 Å². The van der Waals surface area contributed by atoms with Crippen LogP contribution in [-0.2, 0) is 7.05 Å². The number of amides is 1. The Bertz CT molecular complexity index is 965. The summed E-state index contributed by atoms with van der Waals surface area (Å²) >= 11 is 0. The maximum atomic E-state index is 12.2. The summed E-state index contributed by atoms with van der Waals surface area (Å²) in [5, 5.41) is 40.3. The van der Waals surface area contributed by atoms with Crippen LogP contribution in [0.25, 0.3) is 11.3 Å². The van der Waals surface area contributed by atoms with Crippen molar-refractivity contribution in [2.75, 3.05) is 5.32 Å². The molecule has 0 unspecified atom stereocenters. The number of imidazole rings is 1. The number of carbonyl (C=O) groups excluding carboxylic acids is 1. The maximum absolute atomic E-state index is 12.2. The Labute approximate surface area is 142 Å². The van der Waals surface area contributed by atoms with Crippen LogP contribution in [0.5, 0.6) is 23.0 Å². The monoisotopic (exact) mass is 341 g/mol. The van der Waals surface area contributed by atoms with Gasteiger partial charge in [-0.3, -0.25) is 10.1 Å². The number of nitrogens with one attached hydrogen (secondary N) is 1. The summed E-state index contributed by atoms with van der Waals surface area (Å²) in [5.74, 6) is -1.48. The predicted molar refractivity (Wildman–Crippen MR) is 89.7 cm³/mol. The third kappa shape index (κ3) is 3.18. The van der Waals surface area contributed by atoms with Crippen LogP contribution in [0.1, 0.15) is 10.4 Å². The van der Waals surface area contributed by atoms with Crippen molar-refractivity contribution in [3.05, 3.63) is 48.2 Å². The summed E-state index contributed by atoms with van der Waals surface area (Å²) in [7, 11) is 1.68. The number of anilines is 1. The van der Waals surface area contributed by atoms with Crippen LogP contribution in [0.3, 0.4) is 0 Å². The third-order valence-corrected chi connectivity index (χ3v) is 3.61. The molecule has 5 N–H and O–H groups in total. The first-order chi connectivity index (χ1) is 11.8. The Morgan fingerprint density at radius 3 is 2.24 bits per heavy atom. The number of hydrogen-bond acceptors (Lipinski definition) is 6. The van der Waals surface area contributed by atoms with E-state index in [4.69, 9.17) is 0 Å². The molecule has 1 aromatic heterocycles. The van der Waals surface area contributed by atoms with E-state index in [1.165, 1.54) is 24.3 Å². The molecule has 8 heteroatoms. The first-order valence-corrected chi connectivity index (χ1v) is 7.24. The topological polar surface area (TPSA) is 128 Å². The Balaban J connectivity index is 1.86. The van der Waals surface area contributed by atoms with Crippen molar-refractivity contribution in [2.45, 2.75) is 0 Å². The average molecular weight is 341 g/mol. The molecule has 0 aliphatic rings. The fourth-order valence-electron chi connectivity index (χ4n) is 2.24. The zero-order chi connectivity index (χ0) is 18.1. The van der Waals surface area contributed by atoms with Gasteiger partial charge in [0.05, 0.1) is 5.69 Å². The Morgan fingerprint density at radius 2 is 1.60 bits per heavy atom. The molecule has 1 amide bonds. The number of nitrogens with zero attached hydrogens (tertiary/aromatic N) is 2. The number of aromatic nitrogens is 2. The van der Waals surface area contributed by atoms with Gasteiger partial charge in [-0.1, -0.05) is 0 Å². The minimum absolute atomic E-state index is 0.155. The summed E-state index contributed by atoms with van der Waals surface area (Å²) in [6.45, 7) is 0. The number of aromatic hydroxyl groups is 4. The van der Waals surface area contributed by atoms with Gasteiger partial charge in [0.1, 0.15) is 0 Å². The van der Waals surface area contributed by atoms with E-state index >= 15 is 0 Å². The van der Waals surface area contributed by atoms with Gasteiger partial charge < -0.3 is 25.0 Å². The van der Waals surface area contributed by atoms with E-state index in [0.29, 0.717) is 11.3 Å². The summed E-state index contributed by atoms with van der Waals surface area (Å²) in [5.41, 5.74) is 1.21. The van der Waals surface area contributed by atoms with E-state index in [2.05, 4.69) is 10.3 Å². The van der Waals surface area contributed by atoms with E-state index < -0.39 is 11.7 Å². The molecule has 0 saturated heterocycles. The van der Waals surface area contributed by atoms with Crippen molar-refractivity contribution < 1.29 is 25.2 Å². The van der Waals surface area contributed by atoms with Gasteiger partial charge >= 0.3 is 0 Å². The molecular weight excluding hydrogens is 326 g/mol. The van der Waals surface area contributed by atoms with Crippen LogP contribution in [0, 0.1) is 0 Å². The number of aryl methyl sites for hydroxylation is 1. The largest absolute Gasteiger partial charge is 0.504 e. The second kappa shape index (κ2) is 6.08. The van der Waals surface area contributed by atoms with E-state index in [1.54, 1.807) is 23.9 Å².